The predicted octanol–water partition coefficient (Wildman–Crippen LogP) is 1.60. The van der Waals surface area contributed by atoms with Gasteiger partial charge in [0.1, 0.15) is 11.4 Å². The molecule has 0 radical (unpaired) electrons. The molecule has 1 aromatic rings. The van der Waals surface area contributed by atoms with Gasteiger partial charge in [-0.3, -0.25) is 9.69 Å². The van der Waals surface area contributed by atoms with Crippen LogP contribution in [0, 0.1) is 0 Å². The van der Waals surface area contributed by atoms with E-state index in [1.54, 1.807) is 19.1 Å². The molecule has 0 saturated carbocycles. The molecule has 1 atom stereocenters. The summed E-state index contributed by atoms with van der Waals surface area (Å²) in [5, 5.41) is -0.241. The van der Waals surface area contributed by atoms with E-state index in [1.807, 2.05) is 0 Å². The Balaban J connectivity index is 2.33. The number of aromatic nitrogens is 1. The molecule has 1 aliphatic heterocycles. The van der Waals surface area contributed by atoms with Crippen molar-refractivity contribution in [3.8, 4) is 0 Å². The number of pyridine rings is 1. The predicted molar refractivity (Wildman–Crippen MR) is 66.8 cm³/mol. The van der Waals surface area contributed by atoms with Crippen LogP contribution in [-0.2, 0) is 9.53 Å². The number of rotatable bonds is 3. The Morgan fingerprint density at radius 3 is 3.06 bits per heavy atom. The molecule has 1 aromatic heterocycles. The summed E-state index contributed by atoms with van der Waals surface area (Å²) in [5.41, 5.74) is 0.290. The number of amides is 1. The summed E-state index contributed by atoms with van der Waals surface area (Å²) in [4.78, 5) is 29.1. The van der Waals surface area contributed by atoms with Crippen molar-refractivity contribution in [3.63, 3.8) is 0 Å². The Morgan fingerprint density at radius 1 is 1.67 bits per heavy atom. The summed E-state index contributed by atoms with van der Waals surface area (Å²) in [6.07, 6.45) is 1.80. The molecule has 1 amide bonds. The van der Waals surface area contributed by atoms with E-state index in [4.69, 9.17) is 16.3 Å². The lowest BCUT2D eigenvalue weighted by molar-refractivity contribution is -0.117. The molecule has 0 bridgehead atoms. The fourth-order valence-electron chi connectivity index (χ4n) is 1.85. The number of carbonyl (C=O) groups excluding carboxylic acids is 2. The molecule has 1 unspecified atom stereocenters. The average Bonchev–Trinajstić information content (AvgIpc) is 2.69. The van der Waals surface area contributed by atoms with Crippen LogP contribution in [0.1, 0.15) is 23.7 Å². The van der Waals surface area contributed by atoms with Gasteiger partial charge in [0.25, 0.3) is 0 Å². The summed E-state index contributed by atoms with van der Waals surface area (Å²) in [6.45, 7) is 2.37. The molecule has 1 saturated heterocycles. The highest BCUT2D eigenvalue weighted by Crippen LogP contribution is 2.25. The van der Waals surface area contributed by atoms with Crippen LogP contribution in [0.25, 0.3) is 0 Å². The van der Waals surface area contributed by atoms with Gasteiger partial charge in [0.15, 0.2) is 0 Å². The molecule has 0 N–H and O–H groups in total. The molecule has 96 valence electrons. The van der Waals surface area contributed by atoms with E-state index in [-0.39, 0.29) is 24.3 Å². The minimum atomic E-state index is -0.480. The Kier molecular flexibility index (Phi) is 3.81. The summed E-state index contributed by atoms with van der Waals surface area (Å²) >= 11 is 5.94. The molecule has 0 aromatic carbocycles. The summed E-state index contributed by atoms with van der Waals surface area (Å²) < 4.78 is 4.94. The fraction of sp³-hybridized carbons (Fsp3) is 0.417. The molecule has 6 heteroatoms. The van der Waals surface area contributed by atoms with Crippen LogP contribution < -0.4 is 4.90 Å². The lowest BCUT2D eigenvalue weighted by Gasteiger charge is -2.17. The Morgan fingerprint density at radius 2 is 2.44 bits per heavy atom. The molecular weight excluding hydrogens is 256 g/mol. The zero-order valence-electron chi connectivity index (χ0n) is 9.93. The van der Waals surface area contributed by atoms with E-state index in [2.05, 4.69) is 4.98 Å². The van der Waals surface area contributed by atoms with Gasteiger partial charge in [-0.15, -0.1) is 11.6 Å². The topological polar surface area (TPSA) is 59.5 Å². The molecule has 5 nitrogen and oxygen atoms in total. The number of hydrogen-bond donors (Lipinski definition) is 0. The molecule has 2 heterocycles. The molecule has 1 aliphatic rings. The van der Waals surface area contributed by atoms with Gasteiger partial charge in [-0.05, 0) is 19.1 Å². The van der Waals surface area contributed by atoms with Crippen LogP contribution in [0.15, 0.2) is 18.3 Å². The standard InChI is InChI=1S/C12H13ClN2O3/c1-2-18-12(17)9-4-3-5-14-11(9)15-7-8(13)6-10(15)16/h3-5,8H,2,6-7H2,1H3. The van der Waals surface area contributed by atoms with Gasteiger partial charge in [0.2, 0.25) is 5.91 Å². The monoisotopic (exact) mass is 268 g/mol. The van der Waals surface area contributed by atoms with Crippen molar-refractivity contribution < 1.29 is 14.3 Å². The van der Waals surface area contributed by atoms with E-state index < -0.39 is 5.97 Å². The van der Waals surface area contributed by atoms with E-state index >= 15 is 0 Å². The normalized spacial score (nSPS) is 19.1. The summed E-state index contributed by atoms with van der Waals surface area (Å²) in [5.74, 6) is -0.283. The SMILES string of the molecule is CCOC(=O)c1cccnc1N1CC(Cl)CC1=O. The first-order valence-electron chi connectivity index (χ1n) is 5.70. The number of alkyl halides is 1. The van der Waals surface area contributed by atoms with Gasteiger partial charge in [0, 0.05) is 19.2 Å². The highest BCUT2D eigenvalue weighted by Gasteiger charge is 2.32. The third-order valence-electron chi connectivity index (χ3n) is 2.62. The number of ether oxygens (including phenoxy) is 1. The van der Waals surface area contributed by atoms with E-state index in [1.165, 1.54) is 11.1 Å². The maximum absolute atomic E-state index is 11.8. The second-order valence-corrected chi connectivity index (χ2v) is 4.52. The van der Waals surface area contributed by atoms with Crippen LogP contribution >= 0.6 is 11.6 Å². The van der Waals surface area contributed by atoms with Gasteiger partial charge in [-0.1, -0.05) is 0 Å². The summed E-state index contributed by atoms with van der Waals surface area (Å²) in [7, 11) is 0. The number of halogens is 1. The highest BCUT2D eigenvalue weighted by molar-refractivity contribution is 6.24. The first-order chi connectivity index (χ1) is 8.63. The third kappa shape index (κ3) is 2.46. The van der Waals surface area contributed by atoms with Crippen LogP contribution in [0.5, 0.6) is 0 Å². The molecule has 18 heavy (non-hydrogen) atoms. The first-order valence-corrected chi connectivity index (χ1v) is 6.13. The molecular formula is C12H13ClN2O3. The molecule has 0 aliphatic carbocycles. The largest absolute Gasteiger partial charge is 0.462 e. The van der Waals surface area contributed by atoms with Gasteiger partial charge in [-0.25, -0.2) is 9.78 Å². The third-order valence-corrected chi connectivity index (χ3v) is 2.91. The highest BCUT2D eigenvalue weighted by atomic mass is 35.5. The van der Waals surface area contributed by atoms with Crippen molar-refractivity contribution >= 4 is 29.3 Å². The van der Waals surface area contributed by atoms with Gasteiger partial charge >= 0.3 is 5.97 Å². The second-order valence-electron chi connectivity index (χ2n) is 3.90. The maximum Gasteiger partial charge on any atom is 0.341 e. The lowest BCUT2D eigenvalue weighted by atomic mass is 10.2. The fourth-order valence-corrected chi connectivity index (χ4v) is 2.12. The van der Waals surface area contributed by atoms with Crippen LogP contribution in [-0.4, -0.2) is 35.4 Å². The van der Waals surface area contributed by atoms with Crippen molar-refractivity contribution in [2.24, 2.45) is 0 Å². The van der Waals surface area contributed by atoms with E-state index in [0.717, 1.165) is 0 Å². The maximum atomic E-state index is 11.8. The molecule has 1 fully saturated rings. The number of anilines is 1. The smallest absolute Gasteiger partial charge is 0.341 e. The zero-order valence-corrected chi connectivity index (χ0v) is 10.7. The van der Waals surface area contributed by atoms with E-state index in [9.17, 15) is 9.59 Å². The Labute approximate surface area is 110 Å². The molecule has 2 rings (SSSR count). The minimum Gasteiger partial charge on any atom is -0.462 e. The van der Waals surface area contributed by atoms with Crippen LogP contribution in [0.4, 0.5) is 5.82 Å². The van der Waals surface area contributed by atoms with E-state index in [0.29, 0.717) is 17.9 Å². The van der Waals surface area contributed by atoms with Crippen molar-refractivity contribution in [1.82, 2.24) is 4.98 Å². The van der Waals surface area contributed by atoms with Gasteiger partial charge in [-0.2, -0.15) is 0 Å². The number of hydrogen-bond acceptors (Lipinski definition) is 4. The number of nitrogens with zero attached hydrogens (tertiary/aromatic N) is 2. The zero-order chi connectivity index (χ0) is 13.1. The lowest BCUT2D eigenvalue weighted by Crippen LogP contribution is -2.28. The minimum absolute atomic E-state index is 0.126. The number of esters is 1. The molecule has 0 spiro atoms. The Bertz CT molecular complexity index is 478. The Hall–Kier alpha value is -1.62. The summed E-state index contributed by atoms with van der Waals surface area (Å²) in [6, 6.07) is 3.23. The van der Waals surface area contributed by atoms with Crippen molar-refractivity contribution in [2.75, 3.05) is 18.1 Å². The van der Waals surface area contributed by atoms with Crippen molar-refractivity contribution in [2.45, 2.75) is 18.7 Å². The first kappa shape index (κ1) is 12.8. The van der Waals surface area contributed by atoms with Gasteiger partial charge < -0.3 is 4.74 Å². The van der Waals surface area contributed by atoms with Crippen molar-refractivity contribution in [1.29, 1.82) is 0 Å². The number of carbonyl (C=O) groups is 2. The van der Waals surface area contributed by atoms with Gasteiger partial charge in [0.05, 0.1) is 12.0 Å². The van der Waals surface area contributed by atoms with Crippen molar-refractivity contribution in [3.05, 3.63) is 23.9 Å². The van der Waals surface area contributed by atoms with Crippen LogP contribution in [0.3, 0.4) is 0 Å². The quantitative estimate of drug-likeness (QED) is 0.617. The van der Waals surface area contributed by atoms with Crippen LogP contribution in [0.2, 0.25) is 0 Å². The second kappa shape index (κ2) is 5.35. The average molecular weight is 269 g/mol.